The zero-order chi connectivity index (χ0) is 22.0. The van der Waals surface area contributed by atoms with Gasteiger partial charge in [0.25, 0.3) is 6.33 Å². The maximum atomic E-state index is 6.48. The van der Waals surface area contributed by atoms with E-state index in [0.29, 0.717) is 11.8 Å². The molecule has 1 aliphatic rings. The van der Waals surface area contributed by atoms with E-state index in [2.05, 4.69) is 110 Å². The third kappa shape index (κ3) is 2.77. The van der Waals surface area contributed by atoms with Crippen LogP contribution in [-0.4, -0.2) is 4.57 Å². The normalized spacial score (nSPS) is 12.6. The quantitative estimate of drug-likeness (QED) is 0.219. The van der Waals surface area contributed by atoms with Crippen molar-refractivity contribution in [3.63, 3.8) is 0 Å². The van der Waals surface area contributed by atoms with Crippen LogP contribution < -0.4 is 9.30 Å². The molecule has 0 saturated heterocycles. The lowest BCUT2D eigenvalue weighted by Crippen LogP contribution is -2.32. The largest absolute Gasteiger partial charge is 0.464 e. The van der Waals surface area contributed by atoms with Gasteiger partial charge in [-0.3, -0.25) is 9.13 Å². The number of nitrogens with zero attached hydrogens (tertiary/aromatic N) is 2. The first-order valence-electron chi connectivity index (χ1n) is 11.4. The van der Waals surface area contributed by atoms with Crippen LogP contribution in [0.3, 0.4) is 0 Å². The average Bonchev–Trinajstić information content (AvgIpc) is 3.20. The Morgan fingerprint density at radius 3 is 2.31 bits per heavy atom. The molecule has 0 spiro atoms. The molecule has 32 heavy (non-hydrogen) atoms. The van der Waals surface area contributed by atoms with Gasteiger partial charge in [-0.1, -0.05) is 76.2 Å². The first-order valence-corrected chi connectivity index (χ1v) is 11.4. The van der Waals surface area contributed by atoms with E-state index in [1.54, 1.807) is 0 Å². The third-order valence-electron chi connectivity index (χ3n) is 6.51. The van der Waals surface area contributed by atoms with Crippen molar-refractivity contribution in [1.82, 2.24) is 4.57 Å². The zero-order valence-corrected chi connectivity index (χ0v) is 18.9. The number of imidazole rings is 1. The highest BCUT2D eigenvalue weighted by Crippen LogP contribution is 2.41. The van der Waals surface area contributed by atoms with Crippen molar-refractivity contribution in [3.8, 4) is 22.9 Å². The van der Waals surface area contributed by atoms with Gasteiger partial charge in [0, 0.05) is 5.39 Å². The zero-order valence-electron chi connectivity index (χ0n) is 18.9. The van der Waals surface area contributed by atoms with Gasteiger partial charge in [-0.2, -0.15) is 0 Å². The standard InChI is InChI=1S/C29H26N2O/c1-18(2)21-14-22(19(3)4)16-23(15-21)30-17-31-26-13-12-20-8-5-6-9-24(20)29(26)32-27-11-7-10-25(30)28(27)31/h5-16,18-19H,1-4H3. The van der Waals surface area contributed by atoms with Crippen LogP contribution in [0.4, 0.5) is 0 Å². The first kappa shape index (κ1) is 19.1. The molecule has 4 aromatic carbocycles. The Kier molecular flexibility index (Phi) is 4.16. The van der Waals surface area contributed by atoms with Gasteiger partial charge in [0.2, 0.25) is 0 Å². The molecular formula is C29H26N2O. The van der Waals surface area contributed by atoms with E-state index in [9.17, 15) is 0 Å². The number of para-hydroxylation sites is 1. The fourth-order valence-corrected chi connectivity index (χ4v) is 4.65. The maximum absolute atomic E-state index is 6.48. The summed E-state index contributed by atoms with van der Waals surface area (Å²) in [6, 6.07) is 25.9. The lowest BCUT2D eigenvalue weighted by molar-refractivity contribution is -0.575. The van der Waals surface area contributed by atoms with Gasteiger partial charge >= 0.3 is 0 Å². The van der Waals surface area contributed by atoms with Crippen LogP contribution in [0.1, 0.15) is 50.7 Å². The average molecular weight is 419 g/mol. The molecule has 0 amide bonds. The third-order valence-corrected chi connectivity index (χ3v) is 6.51. The van der Waals surface area contributed by atoms with Gasteiger partial charge < -0.3 is 4.74 Å². The summed E-state index contributed by atoms with van der Waals surface area (Å²) in [7, 11) is 0. The summed E-state index contributed by atoms with van der Waals surface area (Å²) in [6.45, 7) is 9.01. The van der Waals surface area contributed by atoms with Crippen molar-refractivity contribution in [1.29, 1.82) is 0 Å². The number of ether oxygens (including phenoxy) is 1. The van der Waals surface area contributed by atoms with Crippen LogP contribution >= 0.6 is 0 Å². The highest BCUT2D eigenvalue weighted by atomic mass is 16.5. The van der Waals surface area contributed by atoms with Crippen LogP contribution in [0.2, 0.25) is 0 Å². The van der Waals surface area contributed by atoms with E-state index in [1.165, 1.54) is 16.5 Å². The molecule has 6 rings (SSSR count). The molecule has 0 aliphatic carbocycles. The van der Waals surface area contributed by atoms with Crippen LogP contribution in [-0.2, 0) is 0 Å². The minimum absolute atomic E-state index is 0.461. The molecule has 5 aromatic rings. The number of rotatable bonds is 3. The minimum atomic E-state index is 0.461. The molecular weight excluding hydrogens is 392 g/mol. The summed E-state index contributed by atoms with van der Waals surface area (Å²) in [5.74, 6) is 2.68. The second-order valence-corrected chi connectivity index (χ2v) is 9.30. The summed E-state index contributed by atoms with van der Waals surface area (Å²) < 4.78 is 10.8. The van der Waals surface area contributed by atoms with Gasteiger partial charge in [-0.15, -0.1) is 0 Å². The summed E-state index contributed by atoms with van der Waals surface area (Å²) in [4.78, 5) is 0. The Bertz CT molecular complexity index is 1480. The first-order chi connectivity index (χ1) is 15.5. The molecule has 1 aromatic heterocycles. The predicted molar refractivity (Wildman–Crippen MR) is 129 cm³/mol. The van der Waals surface area contributed by atoms with Crippen LogP contribution in [0.15, 0.2) is 72.8 Å². The highest BCUT2D eigenvalue weighted by molar-refractivity contribution is 5.93. The predicted octanol–water partition coefficient (Wildman–Crippen LogP) is 7.21. The molecule has 0 bridgehead atoms. The van der Waals surface area contributed by atoms with Crippen molar-refractivity contribution >= 4 is 21.8 Å². The summed E-state index contributed by atoms with van der Waals surface area (Å²) in [6.07, 6.45) is 3.65. The molecule has 2 heterocycles. The van der Waals surface area contributed by atoms with E-state index >= 15 is 0 Å². The molecule has 0 radical (unpaired) electrons. The lowest BCUT2D eigenvalue weighted by atomic mass is 9.95. The van der Waals surface area contributed by atoms with E-state index in [0.717, 1.165) is 39.3 Å². The van der Waals surface area contributed by atoms with Crippen molar-refractivity contribution in [2.75, 3.05) is 0 Å². The molecule has 0 unspecified atom stereocenters. The Labute approximate surface area is 188 Å². The van der Waals surface area contributed by atoms with E-state index < -0.39 is 0 Å². The van der Waals surface area contributed by atoms with Crippen LogP contribution in [0.5, 0.6) is 11.5 Å². The molecule has 0 saturated carbocycles. The van der Waals surface area contributed by atoms with Gasteiger partial charge in [-0.25, -0.2) is 0 Å². The van der Waals surface area contributed by atoms with E-state index in [4.69, 9.17) is 4.74 Å². The van der Waals surface area contributed by atoms with Crippen molar-refractivity contribution in [3.05, 3.63) is 90.3 Å². The molecule has 3 nitrogen and oxygen atoms in total. The van der Waals surface area contributed by atoms with E-state index in [1.807, 2.05) is 6.07 Å². The molecule has 0 atom stereocenters. The minimum Gasteiger partial charge on any atom is -0.464 e. The summed E-state index contributed by atoms with van der Waals surface area (Å²) >= 11 is 0. The SMILES string of the molecule is CC(C)c1cc(C(C)C)cc(-n2[c-][n+]3c4c(cccc42)Oc2c-3ccc3ccccc23)c1. The summed E-state index contributed by atoms with van der Waals surface area (Å²) in [5.41, 5.74) is 7.01. The van der Waals surface area contributed by atoms with Gasteiger partial charge in [-0.05, 0) is 52.6 Å². The molecule has 158 valence electrons. The monoisotopic (exact) mass is 418 g/mol. The molecule has 0 fully saturated rings. The summed E-state index contributed by atoms with van der Waals surface area (Å²) in [5, 5.41) is 2.29. The molecule has 3 heteroatoms. The Morgan fingerprint density at radius 1 is 0.812 bits per heavy atom. The topological polar surface area (TPSA) is 18.0 Å². The number of fused-ring (bicyclic) bond motifs is 4. The molecule has 0 N–H and O–H groups in total. The fourth-order valence-electron chi connectivity index (χ4n) is 4.65. The Hall–Kier alpha value is -3.59. The number of aromatic nitrogens is 2. The van der Waals surface area contributed by atoms with E-state index in [-0.39, 0.29) is 0 Å². The lowest BCUT2D eigenvalue weighted by Gasteiger charge is -2.21. The smallest absolute Gasteiger partial charge is 0.270 e. The second-order valence-electron chi connectivity index (χ2n) is 9.30. The fraction of sp³-hybridized carbons (Fsp3) is 0.207. The Morgan fingerprint density at radius 2 is 1.56 bits per heavy atom. The number of benzene rings is 4. The maximum Gasteiger partial charge on any atom is 0.270 e. The van der Waals surface area contributed by atoms with Crippen molar-refractivity contribution < 1.29 is 9.30 Å². The van der Waals surface area contributed by atoms with Gasteiger partial charge in [0.05, 0.1) is 11.2 Å². The highest BCUT2D eigenvalue weighted by Gasteiger charge is 2.25. The number of hydrogen-bond acceptors (Lipinski definition) is 1. The van der Waals surface area contributed by atoms with Crippen LogP contribution in [0.25, 0.3) is 33.2 Å². The second kappa shape index (κ2) is 6.96. The molecule has 1 aliphatic heterocycles. The van der Waals surface area contributed by atoms with Gasteiger partial charge in [0.15, 0.2) is 0 Å². The Balaban J connectivity index is 1.65. The van der Waals surface area contributed by atoms with Crippen LogP contribution in [0, 0.1) is 6.33 Å². The number of hydrogen-bond donors (Lipinski definition) is 0. The van der Waals surface area contributed by atoms with Crippen molar-refractivity contribution in [2.24, 2.45) is 0 Å². The van der Waals surface area contributed by atoms with Crippen molar-refractivity contribution in [2.45, 2.75) is 39.5 Å². The van der Waals surface area contributed by atoms with Gasteiger partial charge in [0.1, 0.15) is 22.7 Å².